The van der Waals surface area contributed by atoms with Gasteiger partial charge in [0.05, 0.1) is 15.5 Å². The number of amides is 2. The van der Waals surface area contributed by atoms with Crippen LogP contribution >= 0.6 is 0 Å². The Morgan fingerprint density at radius 3 is 1.41 bits per heavy atom. The lowest BCUT2D eigenvalue weighted by Gasteiger charge is -2.34. The number of aliphatic imine (C=N–C) groups is 2. The molecule has 0 aliphatic carbocycles. The van der Waals surface area contributed by atoms with Crippen molar-refractivity contribution in [2.45, 2.75) is 30.1 Å². The molecule has 0 bridgehead atoms. The van der Waals surface area contributed by atoms with Crippen LogP contribution in [0, 0.1) is 23.3 Å². The fraction of sp³-hybridized carbons (Fsp3) is 0.256. The van der Waals surface area contributed by atoms with Gasteiger partial charge in [0.25, 0.3) is 11.8 Å². The third-order valence-electron chi connectivity index (χ3n) is 9.77. The third kappa shape index (κ3) is 14.2. The summed E-state index contributed by atoms with van der Waals surface area (Å²) in [6.45, 7) is 6.20. The maximum atomic E-state index is 14.8. The van der Waals surface area contributed by atoms with E-state index in [0.717, 1.165) is 24.3 Å². The summed E-state index contributed by atoms with van der Waals surface area (Å²) < 4.78 is 125. The molecule has 1 heterocycles. The van der Waals surface area contributed by atoms with E-state index in [4.69, 9.17) is 32.4 Å². The number of benzene rings is 4. The van der Waals surface area contributed by atoms with Crippen molar-refractivity contribution in [3.63, 3.8) is 0 Å². The number of nitrogens with two attached hydrogens (primary N) is 4. The summed E-state index contributed by atoms with van der Waals surface area (Å²) in [5.41, 5.74) is 20.8. The van der Waals surface area contributed by atoms with Gasteiger partial charge in [-0.15, -0.1) is 0 Å². The summed E-state index contributed by atoms with van der Waals surface area (Å²) in [6.07, 6.45) is 2.72. The first-order valence-corrected chi connectivity index (χ1v) is 23.1. The molecule has 4 aromatic carbocycles. The van der Waals surface area contributed by atoms with Crippen molar-refractivity contribution >= 4 is 55.7 Å². The van der Waals surface area contributed by atoms with Crippen LogP contribution in [0.25, 0.3) is 12.2 Å². The lowest BCUT2D eigenvalue weighted by Crippen LogP contribution is -2.48. The maximum absolute atomic E-state index is 14.8. The smallest absolute Gasteiger partial charge is 0.275 e. The SMILES string of the molecule is C/C(=C\c1cc(F)c(Oc2ccc(S(=O)(=O)CCCN3CCN(CCNS(=O)(=O)c4ccc(Oc5c(F)cc(/C=C(\C)C(=O)N=C(N)N)cc5F)cc4)CC3)cc2)c(F)c1)C(=O)N=C(N)N. The highest BCUT2D eigenvalue weighted by molar-refractivity contribution is 7.91. The van der Waals surface area contributed by atoms with Crippen LogP contribution in [0.2, 0.25) is 0 Å². The second-order valence-electron chi connectivity index (χ2n) is 14.9. The van der Waals surface area contributed by atoms with Crippen molar-refractivity contribution < 1.29 is 53.5 Å². The molecular formula is C43H47F4N9O8S2. The molecule has 17 nitrogen and oxygen atoms in total. The highest BCUT2D eigenvalue weighted by Gasteiger charge is 2.22. The number of rotatable bonds is 18. The lowest BCUT2D eigenvalue weighted by atomic mass is 10.1. The lowest BCUT2D eigenvalue weighted by molar-refractivity contribution is -0.115. The Morgan fingerprint density at radius 1 is 0.636 bits per heavy atom. The average molecular weight is 958 g/mol. The number of guanidine groups is 2. The van der Waals surface area contributed by atoms with E-state index in [0.29, 0.717) is 45.7 Å². The van der Waals surface area contributed by atoms with Gasteiger partial charge in [-0.25, -0.2) is 39.1 Å². The first-order chi connectivity index (χ1) is 31.1. The molecule has 4 aromatic rings. The van der Waals surface area contributed by atoms with E-state index in [2.05, 4.69) is 24.5 Å². The molecule has 1 aliphatic rings. The van der Waals surface area contributed by atoms with E-state index in [1.54, 1.807) is 0 Å². The van der Waals surface area contributed by atoms with Gasteiger partial charge in [-0.05, 0) is 123 Å². The van der Waals surface area contributed by atoms with E-state index in [1.807, 2.05) is 0 Å². The van der Waals surface area contributed by atoms with Crippen LogP contribution in [0.3, 0.4) is 0 Å². The standard InChI is InChI=1S/C43H47F4N9O8S2/c1-26(40(57)53-42(48)49)20-28-22-34(44)38(35(45)23-28)63-30-4-8-32(9-5-30)65(59,60)19-3-13-55-15-17-56(18-16-55)14-12-52-66(61,62)33-10-6-31(7-11-33)64-39-36(46)24-29(25-37(39)47)21-27(2)41(58)54-43(50)51/h4-11,20-25,52H,3,12-19H2,1-2H3,(H4,48,49,53,57)(H4,50,51,54,58)/b26-20+,27-21+. The Kier molecular flexibility index (Phi) is 16.8. The van der Waals surface area contributed by atoms with Crippen molar-refractivity contribution in [3.8, 4) is 23.0 Å². The Morgan fingerprint density at radius 2 is 1.02 bits per heavy atom. The molecule has 9 N–H and O–H groups in total. The van der Waals surface area contributed by atoms with Crippen LogP contribution in [0.5, 0.6) is 23.0 Å². The van der Waals surface area contributed by atoms with Crippen molar-refractivity contribution in [1.29, 1.82) is 0 Å². The summed E-state index contributed by atoms with van der Waals surface area (Å²) >= 11 is 0. The minimum absolute atomic E-state index is 0.00381. The number of hydrogen-bond donors (Lipinski definition) is 5. The largest absolute Gasteiger partial charge is 0.451 e. The quantitative estimate of drug-likeness (QED) is 0.0409. The number of piperazine rings is 1. The molecule has 66 heavy (non-hydrogen) atoms. The summed E-state index contributed by atoms with van der Waals surface area (Å²) in [5, 5.41) is 0. The number of ether oxygens (including phenoxy) is 2. The van der Waals surface area contributed by atoms with Crippen LogP contribution in [0.1, 0.15) is 31.4 Å². The fourth-order valence-corrected chi connectivity index (χ4v) is 8.76. The van der Waals surface area contributed by atoms with E-state index >= 15 is 0 Å². The van der Waals surface area contributed by atoms with Crippen LogP contribution in [-0.2, 0) is 29.4 Å². The number of sulfone groups is 1. The van der Waals surface area contributed by atoms with Gasteiger partial charge >= 0.3 is 0 Å². The van der Waals surface area contributed by atoms with Gasteiger partial charge in [0.1, 0.15) is 11.5 Å². The van der Waals surface area contributed by atoms with E-state index in [9.17, 15) is 44.0 Å². The summed E-state index contributed by atoms with van der Waals surface area (Å²) in [4.78, 5) is 34.7. The van der Waals surface area contributed by atoms with Crippen LogP contribution in [0.15, 0.2) is 104 Å². The fourth-order valence-electron chi connectivity index (χ4n) is 6.45. The Hall–Kier alpha value is -6.66. The highest BCUT2D eigenvalue weighted by Crippen LogP contribution is 2.32. The minimum atomic E-state index is -3.95. The second kappa shape index (κ2) is 22.0. The number of carbonyl (C=O) groups excluding carboxylic acids is 2. The molecule has 352 valence electrons. The van der Waals surface area contributed by atoms with Crippen LogP contribution < -0.4 is 37.1 Å². The van der Waals surface area contributed by atoms with Gasteiger partial charge in [0.2, 0.25) is 10.0 Å². The highest BCUT2D eigenvalue weighted by atomic mass is 32.2. The normalized spacial score (nSPS) is 14.1. The number of carbonyl (C=O) groups is 2. The first-order valence-electron chi connectivity index (χ1n) is 20.0. The van der Waals surface area contributed by atoms with E-state index < -0.39 is 78.4 Å². The zero-order valence-electron chi connectivity index (χ0n) is 35.6. The Balaban J connectivity index is 1.03. The molecule has 1 aliphatic heterocycles. The van der Waals surface area contributed by atoms with Gasteiger partial charge in [0.15, 0.2) is 56.5 Å². The minimum Gasteiger partial charge on any atom is -0.451 e. The molecule has 1 saturated heterocycles. The molecule has 0 spiro atoms. The van der Waals surface area contributed by atoms with Crippen LogP contribution in [0.4, 0.5) is 17.6 Å². The number of halogens is 4. The third-order valence-corrected chi connectivity index (χ3v) is 13.1. The molecule has 0 saturated carbocycles. The summed E-state index contributed by atoms with van der Waals surface area (Å²) in [7, 11) is -7.66. The molecule has 23 heteroatoms. The molecular weight excluding hydrogens is 911 g/mol. The Bertz CT molecular complexity index is 2550. The van der Waals surface area contributed by atoms with Crippen LogP contribution in [-0.4, -0.2) is 102 Å². The molecule has 0 radical (unpaired) electrons. The number of hydrogen-bond acceptors (Lipinski definition) is 10. The summed E-state index contributed by atoms with van der Waals surface area (Å²) in [5.74, 6) is -8.44. The van der Waals surface area contributed by atoms with Gasteiger partial charge in [-0.3, -0.25) is 14.5 Å². The molecule has 0 aromatic heterocycles. The maximum Gasteiger partial charge on any atom is 0.275 e. The van der Waals surface area contributed by atoms with E-state index in [-0.39, 0.29) is 55.9 Å². The number of nitrogens with zero attached hydrogens (tertiary/aromatic N) is 4. The molecule has 0 unspecified atom stereocenters. The van der Waals surface area contributed by atoms with Crippen molar-refractivity contribution in [3.05, 3.63) is 118 Å². The van der Waals surface area contributed by atoms with Crippen molar-refractivity contribution in [2.75, 3.05) is 51.6 Å². The topological polar surface area (TPSA) is 268 Å². The zero-order valence-corrected chi connectivity index (χ0v) is 37.3. The van der Waals surface area contributed by atoms with Gasteiger partial charge in [-0.1, -0.05) is 0 Å². The zero-order chi connectivity index (χ0) is 48.3. The first kappa shape index (κ1) is 50.3. The number of sulfonamides is 1. The van der Waals surface area contributed by atoms with Gasteiger partial charge in [0, 0.05) is 50.4 Å². The van der Waals surface area contributed by atoms with Crippen molar-refractivity contribution in [1.82, 2.24) is 14.5 Å². The van der Waals surface area contributed by atoms with E-state index in [1.165, 1.54) is 74.5 Å². The molecule has 1 fully saturated rings. The molecule has 5 rings (SSSR count). The van der Waals surface area contributed by atoms with Gasteiger partial charge < -0.3 is 37.3 Å². The predicted molar refractivity (Wildman–Crippen MR) is 239 cm³/mol. The monoisotopic (exact) mass is 957 g/mol. The Labute approximate surface area is 378 Å². The predicted octanol–water partition coefficient (Wildman–Crippen LogP) is 3.99. The molecule has 2 amide bonds. The van der Waals surface area contributed by atoms with Crippen molar-refractivity contribution in [2.24, 2.45) is 32.9 Å². The van der Waals surface area contributed by atoms with Gasteiger partial charge in [-0.2, -0.15) is 9.98 Å². The number of nitrogens with one attached hydrogen (secondary N) is 1. The molecule has 0 atom stereocenters. The second-order valence-corrected chi connectivity index (χ2v) is 18.7. The summed E-state index contributed by atoms with van der Waals surface area (Å²) in [6, 6.07) is 13.9. The average Bonchev–Trinajstić information content (AvgIpc) is 3.24.